The molecule has 0 aliphatic heterocycles. The van der Waals surface area contributed by atoms with E-state index in [0.29, 0.717) is 39.5 Å². The summed E-state index contributed by atoms with van der Waals surface area (Å²) in [5.74, 6) is 0.806. The molecule has 0 amide bonds. The van der Waals surface area contributed by atoms with E-state index in [2.05, 4.69) is 13.8 Å². The maximum absolute atomic E-state index is 13.5. The van der Waals surface area contributed by atoms with E-state index < -0.39 is 4.92 Å². The fourth-order valence-corrected chi connectivity index (χ4v) is 3.80. The molecule has 0 aliphatic carbocycles. The summed E-state index contributed by atoms with van der Waals surface area (Å²) in [6.07, 6.45) is 1.02. The highest BCUT2D eigenvalue weighted by Gasteiger charge is 2.20. The van der Waals surface area contributed by atoms with E-state index in [0.717, 1.165) is 6.42 Å². The Balaban J connectivity index is 2.03. The van der Waals surface area contributed by atoms with Crippen molar-refractivity contribution in [1.82, 2.24) is 9.55 Å². The van der Waals surface area contributed by atoms with Crippen molar-refractivity contribution in [3.05, 3.63) is 98.3 Å². The van der Waals surface area contributed by atoms with Crippen LogP contribution in [0.1, 0.15) is 37.3 Å². The molecule has 0 N–H and O–H groups in total. The molecule has 0 saturated heterocycles. The van der Waals surface area contributed by atoms with Gasteiger partial charge in [-0.3, -0.25) is 19.5 Å². The van der Waals surface area contributed by atoms with Gasteiger partial charge < -0.3 is 0 Å². The molecule has 4 rings (SSSR count). The second-order valence-corrected chi connectivity index (χ2v) is 7.70. The van der Waals surface area contributed by atoms with Crippen molar-refractivity contribution in [2.45, 2.75) is 33.1 Å². The number of nitro benzene ring substituents is 1. The first-order valence-electron chi connectivity index (χ1n) is 10.3. The summed E-state index contributed by atoms with van der Waals surface area (Å²) in [4.78, 5) is 29.3. The molecule has 6 heteroatoms. The Hall–Kier alpha value is -3.80. The van der Waals surface area contributed by atoms with Crippen molar-refractivity contribution < 1.29 is 4.92 Å². The molecule has 6 nitrogen and oxygen atoms in total. The third-order valence-electron chi connectivity index (χ3n) is 5.85. The van der Waals surface area contributed by atoms with E-state index in [4.69, 9.17) is 4.98 Å². The summed E-state index contributed by atoms with van der Waals surface area (Å²) >= 11 is 0. The smallest absolute Gasteiger partial charge is 0.268 e. The van der Waals surface area contributed by atoms with Crippen LogP contribution < -0.4 is 5.56 Å². The van der Waals surface area contributed by atoms with Gasteiger partial charge in [-0.05, 0) is 49.1 Å². The number of aromatic nitrogens is 2. The quantitative estimate of drug-likeness (QED) is 0.307. The SMILES string of the molecule is CCC(C)c1ccc(-n2c(-c3cccc([N+](=O)[O-])c3C)nc3ccccc3c2=O)cc1. The van der Waals surface area contributed by atoms with Crippen molar-refractivity contribution in [3.63, 3.8) is 0 Å². The second kappa shape index (κ2) is 8.14. The number of hydrogen-bond acceptors (Lipinski definition) is 4. The largest absolute Gasteiger partial charge is 0.273 e. The highest BCUT2D eigenvalue weighted by atomic mass is 16.6. The Bertz CT molecular complexity index is 1340. The van der Waals surface area contributed by atoms with E-state index in [9.17, 15) is 14.9 Å². The third-order valence-corrected chi connectivity index (χ3v) is 5.85. The molecule has 0 radical (unpaired) electrons. The van der Waals surface area contributed by atoms with Crippen LogP contribution in [0, 0.1) is 17.0 Å². The lowest BCUT2D eigenvalue weighted by Crippen LogP contribution is -2.22. The summed E-state index contributed by atoms with van der Waals surface area (Å²) in [5, 5.41) is 12.0. The van der Waals surface area contributed by atoms with Gasteiger partial charge in [0.1, 0.15) is 5.82 Å². The molecule has 31 heavy (non-hydrogen) atoms. The van der Waals surface area contributed by atoms with Crippen LogP contribution in [-0.4, -0.2) is 14.5 Å². The molecule has 3 aromatic carbocycles. The van der Waals surface area contributed by atoms with Gasteiger partial charge in [-0.1, -0.05) is 50.2 Å². The zero-order chi connectivity index (χ0) is 22.1. The summed E-state index contributed by atoms with van der Waals surface area (Å²) < 4.78 is 1.55. The first kappa shape index (κ1) is 20.5. The van der Waals surface area contributed by atoms with Crippen LogP contribution in [-0.2, 0) is 0 Å². The summed E-state index contributed by atoms with van der Waals surface area (Å²) in [6, 6.07) is 19.9. The number of rotatable bonds is 5. The second-order valence-electron chi connectivity index (χ2n) is 7.70. The van der Waals surface area contributed by atoms with Gasteiger partial charge in [-0.2, -0.15) is 0 Å². The summed E-state index contributed by atoms with van der Waals surface area (Å²) in [5.41, 5.74) is 3.25. The molecule has 0 spiro atoms. The van der Waals surface area contributed by atoms with Crippen LogP contribution in [0.25, 0.3) is 28.0 Å². The predicted molar refractivity (Wildman–Crippen MR) is 123 cm³/mol. The summed E-state index contributed by atoms with van der Waals surface area (Å²) in [7, 11) is 0. The minimum absolute atomic E-state index is 0.00132. The normalized spacial score (nSPS) is 12.1. The standard InChI is InChI=1S/C25H23N3O3/c1-4-16(2)18-12-14-19(15-13-18)27-24(20-9-7-11-23(17(20)3)28(30)31)26-22-10-6-5-8-21(22)25(27)29/h5-16H,4H2,1-3H3. The Labute approximate surface area is 180 Å². The zero-order valence-electron chi connectivity index (χ0n) is 17.7. The van der Waals surface area contributed by atoms with E-state index in [1.54, 1.807) is 41.8 Å². The first-order valence-corrected chi connectivity index (χ1v) is 10.3. The molecule has 1 heterocycles. The number of hydrogen-bond donors (Lipinski definition) is 0. The molecular formula is C25H23N3O3. The number of nitro groups is 1. The van der Waals surface area contributed by atoms with Crippen LogP contribution in [0.4, 0.5) is 5.69 Å². The van der Waals surface area contributed by atoms with Gasteiger partial charge in [0.2, 0.25) is 0 Å². The van der Waals surface area contributed by atoms with Crippen molar-refractivity contribution >= 4 is 16.6 Å². The van der Waals surface area contributed by atoms with Crippen LogP contribution in [0.5, 0.6) is 0 Å². The summed E-state index contributed by atoms with van der Waals surface area (Å²) in [6.45, 7) is 5.99. The molecule has 0 bridgehead atoms. The molecule has 4 aromatic rings. The number of para-hydroxylation sites is 1. The Kier molecular flexibility index (Phi) is 5.38. The molecule has 0 aliphatic rings. The van der Waals surface area contributed by atoms with Gasteiger partial charge in [-0.25, -0.2) is 4.98 Å². The molecule has 1 unspecified atom stereocenters. The van der Waals surface area contributed by atoms with E-state index in [1.165, 1.54) is 11.6 Å². The Morgan fingerprint density at radius 3 is 2.42 bits per heavy atom. The van der Waals surface area contributed by atoms with Gasteiger partial charge in [0.15, 0.2) is 0 Å². The van der Waals surface area contributed by atoms with Crippen LogP contribution in [0.3, 0.4) is 0 Å². The van der Waals surface area contributed by atoms with Crippen molar-refractivity contribution in [3.8, 4) is 17.1 Å². The lowest BCUT2D eigenvalue weighted by Gasteiger charge is -2.16. The molecule has 0 fully saturated rings. The number of nitrogens with zero attached hydrogens (tertiary/aromatic N) is 3. The molecule has 156 valence electrons. The predicted octanol–water partition coefficient (Wildman–Crippen LogP) is 5.78. The maximum Gasteiger partial charge on any atom is 0.273 e. The zero-order valence-corrected chi connectivity index (χ0v) is 17.7. The van der Waals surface area contributed by atoms with Gasteiger partial charge >= 0.3 is 0 Å². The lowest BCUT2D eigenvalue weighted by molar-refractivity contribution is -0.385. The number of fused-ring (bicyclic) bond motifs is 1. The minimum atomic E-state index is -0.413. The monoisotopic (exact) mass is 413 g/mol. The van der Waals surface area contributed by atoms with E-state index in [-0.39, 0.29) is 11.2 Å². The lowest BCUT2D eigenvalue weighted by atomic mass is 9.98. The molecular weight excluding hydrogens is 390 g/mol. The Morgan fingerprint density at radius 1 is 1.03 bits per heavy atom. The fourth-order valence-electron chi connectivity index (χ4n) is 3.80. The number of benzene rings is 3. The topological polar surface area (TPSA) is 78.0 Å². The van der Waals surface area contributed by atoms with Crippen LogP contribution >= 0.6 is 0 Å². The van der Waals surface area contributed by atoms with Crippen LogP contribution in [0.15, 0.2) is 71.5 Å². The maximum atomic E-state index is 13.5. The van der Waals surface area contributed by atoms with Crippen molar-refractivity contribution in [2.24, 2.45) is 0 Å². The highest BCUT2D eigenvalue weighted by molar-refractivity contribution is 5.81. The van der Waals surface area contributed by atoms with Gasteiger partial charge in [-0.15, -0.1) is 0 Å². The van der Waals surface area contributed by atoms with Crippen LogP contribution in [0.2, 0.25) is 0 Å². The van der Waals surface area contributed by atoms with Gasteiger partial charge in [0.25, 0.3) is 11.2 Å². The minimum Gasteiger partial charge on any atom is -0.268 e. The van der Waals surface area contributed by atoms with Gasteiger partial charge in [0.05, 0.1) is 21.5 Å². The van der Waals surface area contributed by atoms with E-state index in [1.807, 2.05) is 30.3 Å². The molecule has 0 saturated carbocycles. The first-order chi connectivity index (χ1) is 14.9. The third kappa shape index (κ3) is 3.61. The average Bonchev–Trinajstić information content (AvgIpc) is 2.78. The molecule has 1 aromatic heterocycles. The average molecular weight is 413 g/mol. The van der Waals surface area contributed by atoms with Crippen molar-refractivity contribution in [1.29, 1.82) is 0 Å². The van der Waals surface area contributed by atoms with Gasteiger partial charge in [0, 0.05) is 17.2 Å². The molecule has 1 atom stereocenters. The fraction of sp³-hybridized carbons (Fsp3) is 0.200. The Morgan fingerprint density at radius 2 is 1.74 bits per heavy atom. The highest BCUT2D eigenvalue weighted by Crippen LogP contribution is 2.30. The van der Waals surface area contributed by atoms with E-state index >= 15 is 0 Å². The van der Waals surface area contributed by atoms with Crippen molar-refractivity contribution in [2.75, 3.05) is 0 Å².